The highest BCUT2D eigenvalue weighted by atomic mass is 16.6. The molecule has 5 rings (SSSR count). The number of benzene rings is 3. The first kappa shape index (κ1) is 23.0. The maximum absolute atomic E-state index is 12.4. The normalized spacial score (nSPS) is 14.4. The summed E-state index contributed by atoms with van der Waals surface area (Å²) in [4.78, 5) is 21.5. The van der Waals surface area contributed by atoms with E-state index >= 15 is 0 Å². The summed E-state index contributed by atoms with van der Waals surface area (Å²) in [6, 6.07) is 27.3. The van der Waals surface area contributed by atoms with E-state index in [4.69, 9.17) is 9.72 Å². The first-order chi connectivity index (χ1) is 16.9. The van der Waals surface area contributed by atoms with Gasteiger partial charge in [-0.05, 0) is 50.6 Å². The maximum Gasteiger partial charge on any atom is 0.410 e. The Balaban J connectivity index is 1.35. The van der Waals surface area contributed by atoms with Crippen LogP contribution in [0, 0.1) is 0 Å². The van der Waals surface area contributed by atoms with Crippen molar-refractivity contribution >= 4 is 22.8 Å². The Hall–Kier alpha value is -3.80. The third-order valence-corrected chi connectivity index (χ3v) is 6.23. The quantitative estimate of drug-likeness (QED) is 0.379. The van der Waals surface area contributed by atoms with Crippen LogP contribution in [0.5, 0.6) is 0 Å². The Morgan fingerprint density at radius 3 is 2.34 bits per heavy atom. The molecule has 1 aliphatic heterocycles. The number of carbonyl (C=O) groups is 1. The molecule has 2 heterocycles. The molecule has 0 unspecified atom stereocenters. The third kappa shape index (κ3) is 5.16. The van der Waals surface area contributed by atoms with Crippen LogP contribution >= 0.6 is 0 Å². The predicted octanol–water partition coefficient (Wildman–Crippen LogP) is 5.81. The number of hydrogen-bond donors (Lipinski definition) is 0. The maximum atomic E-state index is 12.4. The molecule has 0 N–H and O–H groups in total. The van der Waals surface area contributed by atoms with Crippen molar-refractivity contribution in [1.29, 1.82) is 0 Å². The molecule has 35 heavy (non-hydrogen) atoms. The van der Waals surface area contributed by atoms with E-state index in [1.807, 2.05) is 32.9 Å². The average Bonchev–Trinajstić information content (AvgIpc) is 3.22. The summed E-state index contributed by atoms with van der Waals surface area (Å²) in [6.45, 7) is 9.32. The molecule has 4 aromatic rings. The summed E-state index contributed by atoms with van der Waals surface area (Å²) < 4.78 is 7.83. The summed E-state index contributed by atoms with van der Waals surface area (Å²) >= 11 is 0. The molecule has 0 spiro atoms. The van der Waals surface area contributed by atoms with E-state index in [9.17, 15) is 4.79 Å². The summed E-state index contributed by atoms with van der Waals surface area (Å²) in [7, 11) is 0. The smallest absolute Gasteiger partial charge is 0.410 e. The van der Waals surface area contributed by atoms with Gasteiger partial charge in [0.15, 0.2) is 0 Å². The van der Waals surface area contributed by atoms with Crippen LogP contribution in [0.25, 0.3) is 22.4 Å². The van der Waals surface area contributed by atoms with Crippen molar-refractivity contribution in [3.05, 3.63) is 84.4 Å². The van der Waals surface area contributed by atoms with E-state index in [0.717, 1.165) is 42.1 Å². The summed E-state index contributed by atoms with van der Waals surface area (Å²) in [5.41, 5.74) is 5.16. The second-order valence-corrected chi connectivity index (χ2v) is 10.0. The lowest BCUT2D eigenvalue weighted by Crippen LogP contribution is -2.50. The van der Waals surface area contributed by atoms with Crippen molar-refractivity contribution in [3.63, 3.8) is 0 Å². The number of amides is 1. The summed E-state index contributed by atoms with van der Waals surface area (Å²) in [5.74, 6) is 0.975. The highest BCUT2D eigenvalue weighted by molar-refractivity contribution is 5.80. The van der Waals surface area contributed by atoms with Crippen molar-refractivity contribution in [2.24, 2.45) is 0 Å². The van der Waals surface area contributed by atoms with Crippen LogP contribution in [0.3, 0.4) is 0 Å². The minimum absolute atomic E-state index is 0.230. The van der Waals surface area contributed by atoms with Crippen molar-refractivity contribution < 1.29 is 9.53 Å². The third-order valence-electron chi connectivity index (χ3n) is 6.23. The highest BCUT2D eigenvalue weighted by Crippen LogP contribution is 2.27. The van der Waals surface area contributed by atoms with Gasteiger partial charge in [0.05, 0.1) is 11.0 Å². The Morgan fingerprint density at radius 1 is 0.886 bits per heavy atom. The monoisotopic (exact) mass is 468 g/mol. The van der Waals surface area contributed by atoms with Gasteiger partial charge in [-0.1, -0.05) is 54.6 Å². The number of hydrogen-bond acceptors (Lipinski definition) is 4. The van der Waals surface area contributed by atoms with Gasteiger partial charge in [0.2, 0.25) is 0 Å². The zero-order valence-electron chi connectivity index (χ0n) is 20.6. The average molecular weight is 469 g/mol. The second-order valence-electron chi connectivity index (χ2n) is 10.0. The fraction of sp³-hybridized carbons (Fsp3) is 0.310. The van der Waals surface area contributed by atoms with Crippen LogP contribution in [-0.4, -0.2) is 52.3 Å². The van der Waals surface area contributed by atoms with E-state index in [2.05, 4.69) is 76.2 Å². The van der Waals surface area contributed by atoms with Gasteiger partial charge in [0, 0.05) is 44.0 Å². The van der Waals surface area contributed by atoms with Gasteiger partial charge >= 0.3 is 6.09 Å². The Kier molecular flexibility index (Phi) is 6.20. The standard InChI is InChI=1S/C29H32N4O2/c1-29(2,3)35-28(34)32-18-16-31(17-19-32)24-13-9-10-22(20-24)21-33-26-15-8-7-14-25(26)30-27(33)23-11-5-4-6-12-23/h4-15,20H,16-19,21H2,1-3H3. The lowest BCUT2D eigenvalue weighted by Gasteiger charge is -2.36. The predicted molar refractivity (Wildman–Crippen MR) is 141 cm³/mol. The number of piperazine rings is 1. The molecule has 0 bridgehead atoms. The zero-order chi connectivity index (χ0) is 24.4. The number of para-hydroxylation sites is 2. The molecule has 0 saturated carbocycles. The van der Waals surface area contributed by atoms with Gasteiger partial charge in [-0.15, -0.1) is 0 Å². The van der Waals surface area contributed by atoms with Crippen LogP contribution in [0.15, 0.2) is 78.9 Å². The number of fused-ring (bicyclic) bond motifs is 1. The molecular weight excluding hydrogens is 436 g/mol. The number of aromatic nitrogens is 2. The Bertz CT molecular complexity index is 1320. The van der Waals surface area contributed by atoms with Crippen LogP contribution in [0.2, 0.25) is 0 Å². The number of nitrogens with zero attached hydrogens (tertiary/aromatic N) is 4. The molecule has 1 fully saturated rings. The fourth-order valence-electron chi connectivity index (χ4n) is 4.55. The van der Waals surface area contributed by atoms with Crippen LogP contribution in [0.4, 0.5) is 10.5 Å². The lowest BCUT2D eigenvalue weighted by molar-refractivity contribution is 0.0240. The molecule has 1 aromatic heterocycles. The fourth-order valence-corrected chi connectivity index (χ4v) is 4.55. The molecule has 6 heteroatoms. The van der Waals surface area contributed by atoms with Crippen molar-refractivity contribution in [1.82, 2.24) is 14.5 Å². The SMILES string of the molecule is CC(C)(C)OC(=O)N1CCN(c2cccc(Cn3c(-c4ccccc4)nc4ccccc43)c2)CC1. The van der Waals surface area contributed by atoms with Crippen molar-refractivity contribution in [2.45, 2.75) is 32.9 Å². The van der Waals surface area contributed by atoms with E-state index in [0.29, 0.717) is 13.1 Å². The zero-order valence-corrected chi connectivity index (χ0v) is 20.6. The highest BCUT2D eigenvalue weighted by Gasteiger charge is 2.26. The van der Waals surface area contributed by atoms with E-state index in [1.165, 1.54) is 11.3 Å². The van der Waals surface area contributed by atoms with Crippen LogP contribution < -0.4 is 4.90 Å². The van der Waals surface area contributed by atoms with Gasteiger partial charge in [-0.25, -0.2) is 9.78 Å². The van der Waals surface area contributed by atoms with E-state index in [1.54, 1.807) is 4.90 Å². The number of carbonyl (C=O) groups excluding carboxylic acids is 1. The van der Waals surface area contributed by atoms with Crippen molar-refractivity contribution in [2.75, 3.05) is 31.1 Å². The summed E-state index contributed by atoms with van der Waals surface area (Å²) in [6.07, 6.45) is -0.230. The first-order valence-electron chi connectivity index (χ1n) is 12.2. The molecular formula is C29H32N4O2. The molecule has 1 saturated heterocycles. The van der Waals surface area contributed by atoms with Crippen LogP contribution in [-0.2, 0) is 11.3 Å². The molecule has 3 aromatic carbocycles. The lowest BCUT2D eigenvalue weighted by atomic mass is 10.1. The molecule has 6 nitrogen and oxygen atoms in total. The molecule has 1 amide bonds. The number of rotatable bonds is 4. The molecule has 0 aliphatic carbocycles. The van der Waals surface area contributed by atoms with Crippen LogP contribution in [0.1, 0.15) is 26.3 Å². The number of imidazole rings is 1. The second kappa shape index (κ2) is 9.45. The molecule has 0 radical (unpaired) electrons. The topological polar surface area (TPSA) is 50.6 Å². The Morgan fingerprint density at radius 2 is 1.60 bits per heavy atom. The van der Waals surface area contributed by atoms with Gasteiger partial charge in [-0.3, -0.25) is 0 Å². The van der Waals surface area contributed by atoms with Crippen molar-refractivity contribution in [3.8, 4) is 11.4 Å². The number of anilines is 1. The first-order valence-corrected chi connectivity index (χ1v) is 12.2. The molecule has 0 atom stereocenters. The number of ether oxygens (including phenoxy) is 1. The van der Waals surface area contributed by atoms with Gasteiger partial charge < -0.3 is 19.1 Å². The van der Waals surface area contributed by atoms with Gasteiger partial charge in [0.1, 0.15) is 11.4 Å². The molecule has 1 aliphatic rings. The van der Waals surface area contributed by atoms with Gasteiger partial charge in [0.25, 0.3) is 0 Å². The minimum atomic E-state index is -0.474. The van der Waals surface area contributed by atoms with Gasteiger partial charge in [-0.2, -0.15) is 0 Å². The summed E-state index contributed by atoms with van der Waals surface area (Å²) in [5, 5.41) is 0. The Labute approximate surface area is 206 Å². The minimum Gasteiger partial charge on any atom is -0.444 e. The molecule has 180 valence electrons. The van der Waals surface area contributed by atoms with E-state index in [-0.39, 0.29) is 6.09 Å². The van der Waals surface area contributed by atoms with E-state index < -0.39 is 5.60 Å². The largest absolute Gasteiger partial charge is 0.444 e.